The highest BCUT2D eigenvalue weighted by molar-refractivity contribution is 6.32. The van der Waals surface area contributed by atoms with Gasteiger partial charge in [0.1, 0.15) is 12.4 Å². The summed E-state index contributed by atoms with van der Waals surface area (Å²) in [6, 6.07) is 5.75. The molecule has 0 spiro atoms. The van der Waals surface area contributed by atoms with E-state index in [1.54, 1.807) is 0 Å². The Balaban J connectivity index is 2.47. The normalized spacial score (nSPS) is 10.4. The first-order valence-electron chi connectivity index (χ1n) is 5.47. The lowest BCUT2D eigenvalue weighted by atomic mass is 10.1. The molecular weight excluding hydrogens is 226 g/mol. The molecule has 0 radical (unpaired) electrons. The highest BCUT2D eigenvalue weighted by Gasteiger charge is 2.02. The van der Waals surface area contributed by atoms with Crippen LogP contribution < -0.4 is 10.5 Å². The van der Waals surface area contributed by atoms with Gasteiger partial charge in [-0.1, -0.05) is 17.7 Å². The first kappa shape index (κ1) is 13.3. The van der Waals surface area contributed by atoms with Gasteiger partial charge in [0.2, 0.25) is 0 Å². The lowest BCUT2D eigenvalue weighted by molar-refractivity contribution is 0.110. The molecule has 90 valence electrons. The van der Waals surface area contributed by atoms with Crippen molar-refractivity contribution in [3.8, 4) is 5.75 Å². The maximum absolute atomic E-state index is 6.07. The number of rotatable bonds is 7. The summed E-state index contributed by atoms with van der Waals surface area (Å²) in [7, 11) is 0. The maximum atomic E-state index is 6.07. The van der Waals surface area contributed by atoms with E-state index in [0.717, 1.165) is 12.0 Å². The Kier molecular flexibility index (Phi) is 6.23. The Hall–Kier alpha value is -0.770. The van der Waals surface area contributed by atoms with Gasteiger partial charge in [0.25, 0.3) is 0 Å². The fraction of sp³-hybridized carbons (Fsp3) is 0.500. The minimum Gasteiger partial charge on any atom is -0.490 e. The minimum absolute atomic E-state index is 0.518. The average Bonchev–Trinajstić information content (AvgIpc) is 2.27. The van der Waals surface area contributed by atoms with Gasteiger partial charge in [0.05, 0.1) is 11.6 Å². The Labute approximate surface area is 101 Å². The van der Waals surface area contributed by atoms with Gasteiger partial charge in [-0.15, -0.1) is 0 Å². The monoisotopic (exact) mass is 243 g/mol. The maximum Gasteiger partial charge on any atom is 0.138 e. The second-order valence-electron chi connectivity index (χ2n) is 3.35. The van der Waals surface area contributed by atoms with Crippen LogP contribution in [0.4, 0.5) is 0 Å². The molecule has 0 atom stereocenters. The summed E-state index contributed by atoms with van der Waals surface area (Å²) in [4.78, 5) is 0. The molecule has 0 fully saturated rings. The molecular formula is C12H18ClNO2. The Morgan fingerprint density at radius 1 is 1.31 bits per heavy atom. The van der Waals surface area contributed by atoms with E-state index < -0.39 is 0 Å². The first-order valence-corrected chi connectivity index (χ1v) is 5.84. The molecule has 1 aromatic rings. The molecule has 3 nitrogen and oxygen atoms in total. The van der Waals surface area contributed by atoms with Crippen LogP contribution in [-0.4, -0.2) is 26.4 Å². The van der Waals surface area contributed by atoms with E-state index in [4.69, 9.17) is 26.8 Å². The third-order valence-corrected chi connectivity index (χ3v) is 2.41. The molecule has 0 saturated carbocycles. The van der Waals surface area contributed by atoms with Crippen LogP contribution in [0.2, 0.25) is 5.02 Å². The lowest BCUT2D eigenvalue weighted by Crippen LogP contribution is -2.07. The van der Waals surface area contributed by atoms with Crippen molar-refractivity contribution in [3.05, 3.63) is 28.8 Å². The fourth-order valence-electron chi connectivity index (χ4n) is 1.34. The van der Waals surface area contributed by atoms with Crippen LogP contribution in [0.5, 0.6) is 5.75 Å². The van der Waals surface area contributed by atoms with Crippen molar-refractivity contribution in [2.45, 2.75) is 13.3 Å². The number of ether oxygens (including phenoxy) is 2. The quantitative estimate of drug-likeness (QED) is 0.748. The van der Waals surface area contributed by atoms with Crippen molar-refractivity contribution < 1.29 is 9.47 Å². The molecule has 0 bridgehead atoms. The summed E-state index contributed by atoms with van der Waals surface area (Å²) in [6.45, 7) is 4.38. The van der Waals surface area contributed by atoms with Crippen LogP contribution in [0, 0.1) is 0 Å². The van der Waals surface area contributed by atoms with E-state index in [0.29, 0.717) is 37.1 Å². The van der Waals surface area contributed by atoms with Crippen molar-refractivity contribution >= 4 is 11.6 Å². The highest BCUT2D eigenvalue weighted by Crippen LogP contribution is 2.25. The standard InChI is InChI=1S/C12H18ClNO2/c1-2-15-7-8-16-12-4-3-10(5-6-14)9-11(12)13/h3-4,9H,2,5-8,14H2,1H3. The lowest BCUT2D eigenvalue weighted by Gasteiger charge is -2.09. The largest absolute Gasteiger partial charge is 0.490 e. The summed E-state index contributed by atoms with van der Waals surface area (Å²) in [6.07, 6.45) is 0.832. The molecule has 0 aromatic heterocycles. The van der Waals surface area contributed by atoms with Gasteiger partial charge in [0, 0.05) is 6.61 Å². The second-order valence-corrected chi connectivity index (χ2v) is 3.76. The SMILES string of the molecule is CCOCCOc1ccc(CCN)cc1Cl. The van der Waals surface area contributed by atoms with Crippen molar-refractivity contribution in [1.82, 2.24) is 0 Å². The second kappa shape index (κ2) is 7.49. The third kappa shape index (κ3) is 4.39. The molecule has 1 rings (SSSR count). The molecule has 0 aliphatic rings. The molecule has 16 heavy (non-hydrogen) atoms. The Morgan fingerprint density at radius 3 is 2.75 bits per heavy atom. The zero-order chi connectivity index (χ0) is 11.8. The van der Waals surface area contributed by atoms with Crippen LogP contribution in [0.3, 0.4) is 0 Å². The zero-order valence-corrected chi connectivity index (χ0v) is 10.3. The smallest absolute Gasteiger partial charge is 0.138 e. The summed E-state index contributed by atoms with van der Waals surface area (Å²) in [5.41, 5.74) is 6.60. The van der Waals surface area contributed by atoms with Crippen LogP contribution in [-0.2, 0) is 11.2 Å². The van der Waals surface area contributed by atoms with E-state index >= 15 is 0 Å². The molecule has 0 amide bonds. The van der Waals surface area contributed by atoms with Gasteiger partial charge < -0.3 is 15.2 Å². The number of hydrogen-bond donors (Lipinski definition) is 1. The number of nitrogens with two attached hydrogens (primary N) is 1. The molecule has 0 aliphatic carbocycles. The number of hydrogen-bond acceptors (Lipinski definition) is 3. The van der Waals surface area contributed by atoms with Crippen molar-refractivity contribution in [3.63, 3.8) is 0 Å². The first-order chi connectivity index (χ1) is 7.77. The third-order valence-electron chi connectivity index (χ3n) is 2.12. The van der Waals surface area contributed by atoms with Crippen LogP contribution in [0.25, 0.3) is 0 Å². The Morgan fingerprint density at radius 2 is 2.12 bits per heavy atom. The molecule has 0 unspecified atom stereocenters. The minimum atomic E-state index is 0.518. The number of halogens is 1. The van der Waals surface area contributed by atoms with Crippen LogP contribution >= 0.6 is 11.6 Å². The van der Waals surface area contributed by atoms with Gasteiger partial charge in [-0.2, -0.15) is 0 Å². The molecule has 0 saturated heterocycles. The molecule has 1 aromatic carbocycles. The predicted molar refractivity (Wildman–Crippen MR) is 66.2 cm³/mol. The van der Waals surface area contributed by atoms with E-state index in [9.17, 15) is 0 Å². The number of benzene rings is 1. The van der Waals surface area contributed by atoms with E-state index in [-0.39, 0.29) is 0 Å². The summed E-state index contributed by atoms with van der Waals surface area (Å²) in [5.74, 6) is 0.696. The van der Waals surface area contributed by atoms with E-state index in [1.165, 1.54) is 0 Å². The van der Waals surface area contributed by atoms with Gasteiger partial charge >= 0.3 is 0 Å². The molecule has 4 heteroatoms. The zero-order valence-electron chi connectivity index (χ0n) is 9.54. The van der Waals surface area contributed by atoms with Gasteiger partial charge in [0.15, 0.2) is 0 Å². The van der Waals surface area contributed by atoms with Crippen LogP contribution in [0.1, 0.15) is 12.5 Å². The highest BCUT2D eigenvalue weighted by atomic mass is 35.5. The summed E-state index contributed by atoms with van der Waals surface area (Å²) < 4.78 is 10.7. The van der Waals surface area contributed by atoms with Gasteiger partial charge in [-0.3, -0.25) is 0 Å². The Bertz CT molecular complexity index is 318. The van der Waals surface area contributed by atoms with Crippen molar-refractivity contribution in [2.24, 2.45) is 5.73 Å². The predicted octanol–water partition coefficient (Wildman–Crippen LogP) is 2.26. The molecule has 0 aliphatic heterocycles. The fourth-order valence-corrected chi connectivity index (χ4v) is 1.60. The van der Waals surface area contributed by atoms with Crippen molar-refractivity contribution in [2.75, 3.05) is 26.4 Å². The molecule has 0 heterocycles. The average molecular weight is 244 g/mol. The molecule has 2 N–H and O–H groups in total. The van der Waals surface area contributed by atoms with Gasteiger partial charge in [-0.05, 0) is 37.6 Å². The van der Waals surface area contributed by atoms with Crippen molar-refractivity contribution in [1.29, 1.82) is 0 Å². The van der Waals surface area contributed by atoms with Gasteiger partial charge in [-0.25, -0.2) is 0 Å². The van der Waals surface area contributed by atoms with E-state index in [2.05, 4.69) is 0 Å². The topological polar surface area (TPSA) is 44.5 Å². The van der Waals surface area contributed by atoms with Crippen LogP contribution in [0.15, 0.2) is 18.2 Å². The van der Waals surface area contributed by atoms with E-state index in [1.807, 2.05) is 25.1 Å². The summed E-state index contributed by atoms with van der Waals surface area (Å²) >= 11 is 6.07. The summed E-state index contributed by atoms with van der Waals surface area (Å²) in [5, 5.41) is 0.627.